The molecule has 0 heterocycles. The van der Waals surface area contributed by atoms with E-state index in [4.69, 9.17) is 12.2 Å². The quantitative estimate of drug-likeness (QED) is 0.720. The van der Waals surface area contributed by atoms with E-state index in [1.54, 1.807) is 0 Å². The largest absolute Gasteiger partial charge is 0.388 e. The highest BCUT2D eigenvalue weighted by Crippen LogP contribution is 2.14. The number of anilines is 1. The van der Waals surface area contributed by atoms with Gasteiger partial charge in [0.15, 0.2) is 0 Å². The summed E-state index contributed by atoms with van der Waals surface area (Å²) in [6, 6.07) is 8.00. The maximum atomic E-state index is 5.22. The third-order valence-corrected chi connectivity index (χ3v) is 2.14. The second kappa shape index (κ2) is 4.82. The second-order valence-corrected chi connectivity index (χ2v) is 3.06. The first-order valence-corrected chi connectivity index (χ1v) is 4.75. The summed E-state index contributed by atoms with van der Waals surface area (Å²) in [6.07, 6.45) is 0. The van der Waals surface area contributed by atoms with E-state index in [1.165, 1.54) is 0 Å². The van der Waals surface area contributed by atoms with Gasteiger partial charge in [-0.3, -0.25) is 0 Å². The molecular weight excluding hydrogens is 180 g/mol. The molecule has 2 nitrogen and oxygen atoms in total. The molecule has 0 fully saturated rings. The van der Waals surface area contributed by atoms with E-state index in [1.807, 2.05) is 38.2 Å². The molecule has 0 saturated carbocycles. The van der Waals surface area contributed by atoms with Crippen LogP contribution in [0.25, 0.3) is 0 Å². The van der Waals surface area contributed by atoms with Crippen LogP contribution in [0.1, 0.15) is 12.5 Å². The summed E-state index contributed by atoms with van der Waals surface area (Å²) in [5.74, 6) is 0. The molecule has 3 heteroatoms. The Hall–Kier alpha value is -1.09. The first kappa shape index (κ1) is 9.99. The van der Waals surface area contributed by atoms with Crippen molar-refractivity contribution >= 4 is 22.9 Å². The molecule has 0 bridgehead atoms. The van der Waals surface area contributed by atoms with Crippen molar-refractivity contribution in [1.29, 1.82) is 0 Å². The molecule has 1 aromatic carbocycles. The van der Waals surface area contributed by atoms with Crippen LogP contribution < -0.4 is 10.6 Å². The number of benzene rings is 1. The molecule has 70 valence electrons. The van der Waals surface area contributed by atoms with Crippen molar-refractivity contribution in [2.75, 3.05) is 18.9 Å². The molecule has 13 heavy (non-hydrogen) atoms. The maximum Gasteiger partial charge on any atom is 0.108 e. The molecule has 1 aromatic rings. The van der Waals surface area contributed by atoms with Gasteiger partial charge in [-0.1, -0.05) is 24.4 Å². The van der Waals surface area contributed by atoms with Gasteiger partial charge in [0.25, 0.3) is 0 Å². The van der Waals surface area contributed by atoms with Gasteiger partial charge in [-0.15, -0.1) is 0 Å². The van der Waals surface area contributed by atoms with Crippen LogP contribution in [0.3, 0.4) is 0 Å². The van der Waals surface area contributed by atoms with Crippen molar-refractivity contribution in [1.82, 2.24) is 5.32 Å². The van der Waals surface area contributed by atoms with Crippen molar-refractivity contribution < 1.29 is 0 Å². The zero-order valence-electron chi connectivity index (χ0n) is 7.92. The van der Waals surface area contributed by atoms with E-state index in [9.17, 15) is 0 Å². The van der Waals surface area contributed by atoms with Crippen LogP contribution in [0.4, 0.5) is 5.69 Å². The molecular formula is C10H14N2S. The Labute approximate surface area is 84.3 Å². The van der Waals surface area contributed by atoms with Crippen LogP contribution in [-0.2, 0) is 0 Å². The van der Waals surface area contributed by atoms with Gasteiger partial charge < -0.3 is 10.6 Å². The Balaban J connectivity index is 2.92. The standard InChI is InChI=1S/C10H14N2S/c1-3-12-10(13)8-6-4-5-7-9(8)11-2/h4-7,11H,3H2,1-2H3,(H,12,13). The molecule has 0 atom stereocenters. The zero-order valence-corrected chi connectivity index (χ0v) is 8.74. The highest BCUT2D eigenvalue weighted by molar-refractivity contribution is 7.80. The lowest BCUT2D eigenvalue weighted by Crippen LogP contribution is -2.22. The molecule has 1 rings (SSSR count). The molecule has 0 aliphatic heterocycles. The first-order valence-electron chi connectivity index (χ1n) is 4.34. The molecule has 0 radical (unpaired) electrons. The number of nitrogens with one attached hydrogen (secondary N) is 2. The van der Waals surface area contributed by atoms with Gasteiger partial charge in [0.1, 0.15) is 4.99 Å². The summed E-state index contributed by atoms with van der Waals surface area (Å²) in [4.78, 5) is 0.799. The van der Waals surface area contributed by atoms with Gasteiger partial charge in [-0.05, 0) is 19.1 Å². The fourth-order valence-electron chi connectivity index (χ4n) is 1.15. The Kier molecular flexibility index (Phi) is 3.71. The van der Waals surface area contributed by atoms with Gasteiger partial charge in [0.2, 0.25) is 0 Å². The van der Waals surface area contributed by atoms with Crippen molar-refractivity contribution in [2.45, 2.75) is 6.92 Å². The van der Waals surface area contributed by atoms with Gasteiger partial charge in [-0.2, -0.15) is 0 Å². The minimum atomic E-state index is 0.799. The summed E-state index contributed by atoms with van der Waals surface area (Å²) in [5.41, 5.74) is 2.12. The Morgan fingerprint density at radius 3 is 2.69 bits per heavy atom. The normalized spacial score (nSPS) is 9.38. The lowest BCUT2D eigenvalue weighted by Gasteiger charge is -2.10. The SMILES string of the molecule is CCNC(=S)c1ccccc1NC. The number of rotatable bonds is 3. The minimum absolute atomic E-state index is 0.799. The third kappa shape index (κ3) is 2.42. The van der Waals surface area contributed by atoms with E-state index < -0.39 is 0 Å². The monoisotopic (exact) mass is 194 g/mol. The predicted octanol–water partition coefficient (Wildman–Crippen LogP) is 2.01. The van der Waals surface area contributed by atoms with E-state index in [0.29, 0.717) is 0 Å². The first-order chi connectivity index (χ1) is 6.29. The molecule has 0 saturated heterocycles. The van der Waals surface area contributed by atoms with Gasteiger partial charge >= 0.3 is 0 Å². The van der Waals surface area contributed by atoms with Crippen molar-refractivity contribution in [2.24, 2.45) is 0 Å². The Morgan fingerprint density at radius 1 is 1.38 bits per heavy atom. The topological polar surface area (TPSA) is 24.1 Å². The molecule has 0 spiro atoms. The number of para-hydroxylation sites is 1. The molecule has 0 aromatic heterocycles. The van der Waals surface area contributed by atoms with Crippen LogP contribution in [0, 0.1) is 0 Å². The summed E-state index contributed by atoms with van der Waals surface area (Å²) < 4.78 is 0. The van der Waals surface area contributed by atoms with Gasteiger partial charge in [0.05, 0.1) is 0 Å². The summed E-state index contributed by atoms with van der Waals surface area (Å²) in [6.45, 7) is 2.89. The van der Waals surface area contributed by atoms with Crippen LogP contribution in [0.5, 0.6) is 0 Å². The summed E-state index contributed by atoms with van der Waals surface area (Å²) in [5, 5.41) is 6.24. The Morgan fingerprint density at radius 2 is 2.08 bits per heavy atom. The van der Waals surface area contributed by atoms with Crippen LogP contribution >= 0.6 is 12.2 Å². The van der Waals surface area contributed by atoms with E-state index in [0.717, 1.165) is 22.8 Å². The van der Waals surface area contributed by atoms with E-state index in [2.05, 4.69) is 10.6 Å². The zero-order chi connectivity index (χ0) is 9.68. The third-order valence-electron chi connectivity index (χ3n) is 1.78. The highest BCUT2D eigenvalue weighted by Gasteiger charge is 2.03. The molecule has 0 aliphatic carbocycles. The van der Waals surface area contributed by atoms with Crippen LogP contribution in [-0.4, -0.2) is 18.6 Å². The number of thiocarbonyl (C=S) groups is 1. The predicted molar refractivity (Wildman–Crippen MR) is 61.4 cm³/mol. The summed E-state index contributed by atoms with van der Waals surface area (Å²) in [7, 11) is 1.90. The molecule has 0 aliphatic rings. The Bertz CT molecular complexity index is 297. The van der Waals surface area contributed by atoms with E-state index in [-0.39, 0.29) is 0 Å². The average molecular weight is 194 g/mol. The fourth-order valence-corrected chi connectivity index (χ4v) is 1.48. The molecule has 0 unspecified atom stereocenters. The summed E-state index contributed by atoms with van der Waals surface area (Å²) >= 11 is 5.22. The van der Waals surface area contributed by atoms with Crippen molar-refractivity contribution in [3.05, 3.63) is 29.8 Å². The molecule has 0 amide bonds. The molecule has 2 N–H and O–H groups in total. The van der Waals surface area contributed by atoms with E-state index >= 15 is 0 Å². The minimum Gasteiger partial charge on any atom is -0.388 e. The van der Waals surface area contributed by atoms with Gasteiger partial charge in [-0.25, -0.2) is 0 Å². The highest BCUT2D eigenvalue weighted by atomic mass is 32.1. The lowest BCUT2D eigenvalue weighted by atomic mass is 10.2. The second-order valence-electron chi connectivity index (χ2n) is 2.66. The number of hydrogen-bond acceptors (Lipinski definition) is 2. The van der Waals surface area contributed by atoms with Crippen LogP contribution in [0.15, 0.2) is 24.3 Å². The maximum absolute atomic E-state index is 5.22. The lowest BCUT2D eigenvalue weighted by molar-refractivity contribution is 0.983. The van der Waals surface area contributed by atoms with Gasteiger partial charge in [0, 0.05) is 24.8 Å². The van der Waals surface area contributed by atoms with Crippen molar-refractivity contribution in [3.8, 4) is 0 Å². The average Bonchev–Trinajstić information content (AvgIpc) is 2.18. The number of hydrogen-bond donors (Lipinski definition) is 2. The van der Waals surface area contributed by atoms with Crippen LogP contribution in [0.2, 0.25) is 0 Å². The van der Waals surface area contributed by atoms with Crippen molar-refractivity contribution in [3.63, 3.8) is 0 Å². The smallest absolute Gasteiger partial charge is 0.108 e. The fraction of sp³-hybridized carbons (Fsp3) is 0.300.